The Bertz CT molecular complexity index is 540. The van der Waals surface area contributed by atoms with Crippen molar-refractivity contribution in [3.05, 3.63) is 29.8 Å². The second kappa shape index (κ2) is 6.93. The van der Waals surface area contributed by atoms with Gasteiger partial charge in [-0.1, -0.05) is 19.1 Å². The van der Waals surface area contributed by atoms with E-state index in [1.165, 1.54) is 0 Å². The number of sulfonamides is 1. The second-order valence-corrected chi connectivity index (χ2v) is 8.09. The van der Waals surface area contributed by atoms with Gasteiger partial charge in [0.2, 0.25) is 10.0 Å². The maximum Gasteiger partial charge on any atom is 0.240 e. The lowest BCUT2D eigenvalue weighted by Gasteiger charge is -2.13. The molecular weight excluding hydrogens is 292 g/mol. The Labute approximate surface area is 125 Å². The molecule has 1 saturated heterocycles. The lowest BCUT2D eigenvalue weighted by atomic mass is 10.1. The Hall–Kier alpha value is -0.560. The van der Waals surface area contributed by atoms with E-state index in [0.717, 1.165) is 29.9 Å². The topological polar surface area (TPSA) is 72.2 Å². The smallest absolute Gasteiger partial charge is 0.240 e. The van der Waals surface area contributed by atoms with Crippen LogP contribution in [0.1, 0.15) is 31.4 Å². The van der Waals surface area contributed by atoms with Crippen LogP contribution in [-0.4, -0.2) is 26.5 Å². The van der Waals surface area contributed by atoms with Gasteiger partial charge in [0.15, 0.2) is 0 Å². The van der Waals surface area contributed by atoms with E-state index in [1.807, 2.05) is 24.8 Å². The molecule has 4 nitrogen and oxygen atoms in total. The molecule has 1 fully saturated rings. The van der Waals surface area contributed by atoms with Crippen LogP contribution in [0.2, 0.25) is 0 Å². The van der Waals surface area contributed by atoms with Gasteiger partial charge in [0.25, 0.3) is 0 Å². The molecule has 1 aliphatic heterocycles. The van der Waals surface area contributed by atoms with Crippen LogP contribution < -0.4 is 10.5 Å². The summed E-state index contributed by atoms with van der Waals surface area (Å²) in [5, 5.41) is 0. The molecule has 0 spiro atoms. The van der Waals surface area contributed by atoms with Crippen LogP contribution in [0.25, 0.3) is 0 Å². The van der Waals surface area contributed by atoms with Gasteiger partial charge in [-0.25, -0.2) is 13.1 Å². The summed E-state index contributed by atoms with van der Waals surface area (Å²) >= 11 is 1.89. The Kier molecular flexibility index (Phi) is 5.49. The van der Waals surface area contributed by atoms with Crippen LogP contribution in [0.5, 0.6) is 0 Å². The van der Waals surface area contributed by atoms with Crippen LogP contribution >= 0.6 is 11.8 Å². The van der Waals surface area contributed by atoms with E-state index >= 15 is 0 Å². The molecule has 3 N–H and O–H groups in total. The number of benzene rings is 1. The Balaban J connectivity index is 2.08. The van der Waals surface area contributed by atoms with Gasteiger partial charge in [-0.2, -0.15) is 11.8 Å². The van der Waals surface area contributed by atoms with Crippen LogP contribution in [0.3, 0.4) is 0 Å². The Morgan fingerprint density at radius 3 is 2.95 bits per heavy atom. The molecule has 6 heteroatoms. The van der Waals surface area contributed by atoms with Gasteiger partial charge in [-0.15, -0.1) is 0 Å². The highest BCUT2D eigenvalue weighted by molar-refractivity contribution is 7.99. The van der Waals surface area contributed by atoms with Crippen molar-refractivity contribution in [3.63, 3.8) is 0 Å². The highest BCUT2D eigenvalue weighted by Crippen LogP contribution is 2.23. The van der Waals surface area contributed by atoms with Gasteiger partial charge >= 0.3 is 0 Å². The molecule has 1 heterocycles. The van der Waals surface area contributed by atoms with Crippen LogP contribution in [0.4, 0.5) is 0 Å². The van der Waals surface area contributed by atoms with E-state index in [-0.39, 0.29) is 6.04 Å². The van der Waals surface area contributed by atoms with Crippen molar-refractivity contribution in [1.82, 2.24) is 4.72 Å². The summed E-state index contributed by atoms with van der Waals surface area (Å²) in [7, 11) is -3.43. The standard InChI is InChI=1S/C14H22N2O2S2/c1-2-14(15)12-4-3-5-13(8-12)20(17,18)16-9-11-6-7-19-10-11/h3-5,8,11,14,16H,2,6-7,9-10,15H2,1H3. The van der Waals surface area contributed by atoms with Crippen LogP contribution in [0, 0.1) is 5.92 Å². The van der Waals surface area contributed by atoms with Crippen LogP contribution in [0.15, 0.2) is 29.2 Å². The SMILES string of the molecule is CCC(N)c1cccc(S(=O)(=O)NCC2CCSC2)c1. The average Bonchev–Trinajstić information content (AvgIpc) is 2.98. The molecule has 0 aromatic heterocycles. The third-order valence-corrected chi connectivity index (χ3v) is 6.28. The van der Waals surface area contributed by atoms with E-state index in [1.54, 1.807) is 18.2 Å². The minimum absolute atomic E-state index is 0.114. The first kappa shape index (κ1) is 15.8. The molecule has 0 aliphatic carbocycles. The number of thioether (sulfide) groups is 1. The predicted octanol–water partition coefficient (Wildman–Crippen LogP) is 2.13. The van der Waals surface area contributed by atoms with Gasteiger partial charge in [-0.3, -0.25) is 0 Å². The van der Waals surface area contributed by atoms with Crippen molar-refractivity contribution in [3.8, 4) is 0 Å². The van der Waals surface area contributed by atoms with E-state index in [2.05, 4.69) is 4.72 Å². The molecule has 0 bridgehead atoms. The van der Waals surface area contributed by atoms with Gasteiger partial charge in [0, 0.05) is 12.6 Å². The molecule has 1 aromatic carbocycles. The van der Waals surface area contributed by atoms with Crippen molar-refractivity contribution in [2.24, 2.45) is 11.7 Å². The van der Waals surface area contributed by atoms with Crippen LogP contribution in [-0.2, 0) is 10.0 Å². The number of nitrogens with two attached hydrogens (primary N) is 1. The predicted molar refractivity (Wildman–Crippen MR) is 84.3 cm³/mol. The van der Waals surface area contributed by atoms with Gasteiger partial charge in [0.1, 0.15) is 0 Å². The summed E-state index contributed by atoms with van der Waals surface area (Å²) in [6, 6.07) is 6.82. The number of rotatable bonds is 6. The van der Waals surface area contributed by atoms with Crippen molar-refractivity contribution >= 4 is 21.8 Å². The highest BCUT2D eigenvalue weighted by atomic mass is 32.2. The summed E-state index contributed by atoms with van der Waals surface area (Å²) in [6.45, 7) is 2.52. The van der Waals surface area contributed by atoms with E-state index < -0.39 is 10.0 Å². The van der Waals surface area contributed by atoms with Gasteiger partial charge < -0.3 is 5.73 Å². The molecule has 0 radical (unpaired) electrons. The van der Waals surface area contributed by atoms with Gasteiger partial charge in [0.05, 0.1) is 4.90 Å². The fourth-order valence-electron chi connectivity index (χ4n) is 2.20. The Morgan fingerprint density at radius 2 is 2.30 bits per heavy atom. The van der Waals surface area contributed by atoms with Gasteiger partial charge in [-0.05, 0) is 48.0 Å². The maximum atomic E-state index is 12.3. The summed E-state index contributed by atoms with van der Waals surface area (Å²) < 4.78 is 27.3. The molecule has 1 aromatic rings. The molecular formula is C14H22N2O2S2. The number of hydrogen-bond donors (Lipinski definition) is 2. The highest BCUT2D eigenvalue weighted by Gasteiger charge is 2.20. The molecule has 20 heavy (non-hydrogen) atoms. The first-order valence-electron chi connectivity index (χ1n) is 6.96. The second-order valence-electron chi connectivity index (χ2n) is 5.17. The largest absolute Gasteiger partial charge is 0.324 e. The molecule has 2 atom stereocenters. The minimum Gasteiger partial charge on any atom is -0.324 e. The first-order valence-corrected chi connectivity index (χ1v) is 9.59. The van der Waals surface area contributed by atoms with Crippen molar-refractivity contribution in [2.75, 3.05) is 18.1 Å². The molecule has 112 valence electrons. The summed E-state index contributed by atoms with van der Waals surface area (Å²) in [4.78, 5) is 0.310. The third-order valence-electron chi connectivity index (χ3n) is 3.62. The monoisotopic (exact) mass is 314 g/mol. The molecule has 0 amide bonds. The maximum absolute atomic E-state index is 12.3. The van der Waals surface area contributed by atoms with Crippen molar-refractivity contribution < 1.29 is 8.42 Å². The summed E-state index contributed by atoms with van der Waals surface area (Å²) in [6.07, 6.45) is 1.88. The number of nitrogens with one attached hydrogen (secondary N) is 1. The third kappa shape index (κ3) is 3.97. The lowest BCUT2D eigenvalue weighted by Crippen LogP contribution is -2.29. The van der Waals surface area contributed by atoms with E-state index in [9.17, 15) is 8.42 Å². The summed E-state index contributed by atoms with van der Waals surface area (Å²) in [5.74, 6) is 2.63. The zero-order chi connectivity index (χ0) is 14.6. The van der Waals surface area contributed by atoms with Crippen molar-refractivity contribution in [1.29, 1.82) is 0 Å². The van der Waals surface area contributed by atoms with Crippen molar-refractivity contribution in [2.45, 2.75) is 30.7 Å². The number of hydrogen-bond acceptors (Lipinski definition) is 4. The normalized spacial score (nSPS) is 21.0. The minimum atomic E-state index is -3.43. The lowest BCUT2D eigenvalue weighted by molar-refractivity contribution is 0.545. The fourth-order valence-corrected chi connectivity index (χ4v) is 4.66. The zero-order valence-electron chi connectivity index (χ0n) is 11.7. The molecule has 2 unspecified atom stereocenters. The fraction of sp³-hybridized carbons (Fsp3) is 0.571. The van der Waals surface area contributed by atoms with E-state index in [4.69, 9.17) is 5.73 Å². The van der Waals surface area contributed by atoms with E-state index in [0.29, 0.717) is 17.4 Å². The quantitative estimate of drug-likeness (QED) is 0.844. The molecule has 0 saturated carbocycles. The molecule has 1 aliphatic rings. The summed E-state index contributed by atoms with van der Waals surface area (Å²) in [5.41, 5.74) is 6.83. The Morgan fingerprint density at radius 1 is 1.50 bits per heavy atom. The zero-order valence-corrected chi connectivity index (χ0v) is 13.3. The average molecular weight is 314 g/mol. The molecule has 2 rings (SSSR count). The first-order chi connectivity index (χ1) is 9.53.